The van der Waals surface area contributed by atoms with Crippen molar-refractivity contribution in [1.29, 1.82) is 0 Å². The van der Waals surface area contributed by atoms with E-state index >= 15 is 0 Å². The molecule has 1 rings (SSSR count). The van der Waals surface area contributed by atoms with Gasteiger partial charge in [-0.15, -0.1) is 0 Å². The summed E-state index contributed by atoms with van der Waals surface area (Å²) in [6.45, 7) is 0. The molecule has 66 valence electrons. The molecule has 0 spiro atoms. The molecule has 1 atom stereocenters. The maximum atomic E-state index is 10.4. The molecule has 0 aliphatic carbocycles. The van der Waals surface area contributed by atoms with Crippen LogP contribution < -0.4 is 5.73 Å². The van der Waals surface area contributed by atoms with E-state index in [-0.39, 0.29) is 6.42 Å². The molecule has 5 nitrogen and oxygen atoms in total. The number of nitrogens with zero attached hydrogens (tertiary/aromatic N) is 2. The van der Waals surface area contributed by atoms with E-state index < -0.39 is 12.0 Å². The van der Waals surface area contributed by atoms with Crippen molar-refractivity contribution in [3.8, 4) is 0 Å². The zero-order valence-corrected chi connectivity index (χ0v) is 8.57. The van der Waals surface area contributed by atoms with Gasteiger partial charge >= 0.3 is 104 Å². The summed E-state index contributed by atoms with van der Waals surface area (Å²) in [4.78, 5) is 14.3. The van der Waals surface area contributed by atoms with Gasteiger partial charge in [-0.3, -0.25) is 0 Å². The zero-order chi connectivity index (χ0) is 9.14. The van der Waals surface area contributed by atoms with Crippen molar-refractivity contribution in [3.63, 3.8) is 0 Å². The van der Waals surface area contributed by atoms with Crippen LogP contribution in [0.3, 0.4) is 0 Å². The average molecular weight is 306 g/mol. The van der Waals surface area contributed by atoms with Gasteiger partial charge in [0.2, 0.25) is 0 Å². The first-order valence-electron chi connectivity index (χ1n) is 3.27. The molecule has 0 unspecified atom stereocenters. The van der Waals surface area contributed by atoms with Crippen molar-refractivity contribution in [2.45, 2.75) is 12.5 Å². The van der Waals surface area contributed by atoms with Gasteiger partial charge in [-0.2, -0.15) is 0 Å². The Morgan fingerprint density at radius 3 is 3.00 bits per heavy atom. The third-order valence-corrected chi connectivity index (χ3v) is 1.95. The summed E-state index contributed by atoms with van der Waals surface area (Å²) < 4.78 is 1.81. The van der Waals surface area contributed by atoms with Crippen molar-refractivity contribution in [2.75, 3.05) is 0 Å². The van der Waals surface area contributed by atoms with Gasteiger partial charge < -0.3 is 0 Å². The van der Waals surface area contributed by atoms with Crippen molar-refractivity contribution < 1.29 is 57.4 Å². The van der Waals surface area contributed by atoms with Crippen LogP contribution in [0.4, 0.5) is 0 Å². The fourth-order valence-electron chi connectivity index (χ4n) is 0.756. The quantitative estimate of drug-likeness (QED) is 0.762. The second kappa shape index (κ2) is 4.46. The number of aromatic nitrogens is 2. The Labute approximate surface area is 103 Å². The number of carboxylic acids is 1. The molecule has 1 aromatic heterocycles. The minimum absolute atomic E-state index is 0.283. The van der Waals surface area contributed by atoms with Crippen LogP contribution in [0, 0.1) is 47.5 Å². The summed E-state index contributed by atoms with van der Waals surface area (Å²) in [6.07, 6.45) is 3.70. The minimum atomic E-state index is -0.995. The van der Waals surface area contributed by atoms with Gasteiger partial charge in [0.25, 0.3) is 0 Å². The summed E-state index contributed by atoms with van der Waals surface area (Å²) in [5, 5.41) is 8.49. The normalized spacial score (nSPS) is 12.8. The van der Waals surface area contributed by atoms with Crippen LogP contribution in [0.25, 0.3) is 0 Å². The van der Waals surface area contributed by atoms with Gasteiger partial charge in [0, 0.05) is 0 Å². The Morgan fingerprint density at radius 2 is 2.58 bits per heavy atom. The topological polar surface area (TPSA) is 81.1 Å². The average Bonchev–Trinajstić information content (AvgIpc) is 2.35. The first-order valence-corrected chi connectivity index (χ1v) is 4.35. The second-order valence-corrected chi connectivity index (χ2v) is 3.61. The van der Waals surface area contributed by atoms with Crippen LogP contribution >= 0.6 is 0 Å². The van der Waals surface area contributed by atoms with Gasteiger partial charge in [-0.25, -0.2) is 0 Å². The van der Waals surface area contributed by atoms with Crippen LogP contribution in [-0.4, -0.2) is 21.6 Å². The second-order valence-electron chi connectivity index (χ2n) is 2.36. The van der Waals surface area contributed by atoms with E-state index in [0.29, 0.717) is 5.69 Å². The third-order valence-electron chi connectivity index (χ3n) is 1.35. The standard InChI is InChI=1S/C6H9N3O2.Eu/c7-5(6(10)11)1-4-2-8-3-9-4;/h2-3,5H,1,7H2,(H2,8,9,10,11);/q;+1/p-1/t5-;/m1./s1. The molecule has 0 bridgehead atoms. The fraction of sp³-hybridized carbons (Fsp3) is 0.333. The van der Waals surface area contributed by atoms with Crippen LogP contribution in [0.15, 0.2) is 12.5 Å². The predicted octanol–water partition coefficient (Wildman–Crippen LogP) is -0.850. The molecule has 3 N–H and O–H groups in total. The Kier molecular flexibility index (Phi) is 3.83. The van der Waals surface area contributed by atoms with E-state index in [1.54, 1.807) is 12.5 Å². The number of aliphatic carboxylic acids is 1. The molecule has 1 aromatic rings. The van der Waals surface area contributed by atoms with E-state index in [9.17, 15) is 4.79 Å². The molecule has 12 heavy (non-hydrogen) atoms. The van der Waals surface area contributed by atoms with E-state index in [4.69, 9.17) is 10.8 Å². The van der Waals surface area contributed by atoms with Crippen molar-refractivity contribution in [2.24, 2.45) is 5.73 Å². The Bertz CT molecular complexity index is 286. The molecule has 0 aliphatic heterocycles. The predicted molar refractivity (Wildman–Crippen MR) is 36.9 cm³/mol. The van der Waals surface area contributed by atoms with E-state index in [2.05, 4.69) is 4.98 Å². The van der Waals surface area contributed by atoms with Gasteiger partial charge in [0.15, 0.2) is 0 Å². The van der Waals surface area contributed by atoms with Gasteiger partial charge in [-0.05, 0) is 0 Å². The van der Waals surface area contributed by atoms with E-state index in [1.807, 2.05) is -0.487 Å². The molecule has 0 amide bonds. The molecule has 0 fully saturated rings. The SMILES string of the molecule is N[C@H](Cc1c[n]([Eu])cn1)C(=O)O. The van der Waals surface area contributed by atoms with Crippen molar-refractivity contribution >= 4 is 5.97 Å². The van der Waals surface area contributed by atoms with Crippen molar-refractivity contribution in [3.05, 3.63) is 18.2 Å². The van der Waals surface area contributed by atoms with Crippen molar-refractivity contribution in [1.82, 2.24) is 4.50 Å². The first kappa shape index (κ1) is 10.3. The Hall–Kier alpha value is 0.224. The van der Waals surface area contributed by atoms with Gasteiger partial charge in [-0.1, -0.05) is 0 Å². The molecular weight excluding hydrogens is 298 g/mol. The summed E-state index contributed by atoms with van der Waals surface area (Å²) >= 11 is 1.44. The monoisotopic (exact) mass is 307 g/mol. The summed E-state index contributed by atoms with van der Waals surface area (Å²) in [5.74, 6) is -0.995. The van der Waals surface area contributed by atoms with E-state index in [1.165, 1.54) is 47.5 Å². The van der Waals surface area contributed by atoms with Crippen LogP contribution in [0.5, 0.6) is 0 Å². The Morgan fingerprint density at radius 1 is 1.92 bits per heavy atom. The molecule has 0 aromatic carbocycles. The number of carbonyl (C=O) groups is 1. The molecule has 0 saturated carbocycles. The number of rotatable bonds is 3. The van der Waals surface area contributed by atoms with Crippen LogP contribution in [0.1, 0.15) is 5.69 Å². The first-order chi connectivity index (χ1) is 5.59. The van der Waals surface area contributed by atoms with Gasteiger partial charge in [0.1, 0.15) is 0 Å². The Balaban J connectivity index is 2.58. The molecule has 6 heteroatoms. The zero-order valence-electron chi connectivity index (χ0n) is 6.14. The van der Waals surface area contributed by atoms with E-state index in [0.717, 1.165) is 0 Å². The third kappa shape index (κ3) is 2.93. The fourth-order valence-corrected chi connectivity index (χ4v) is 1.26. The molecule has 0 aliphatic rings. The number of imidazole rings is 1. The summed E-state index contributed by atoms with van der Waals surface area (Å²) in [6, 6.07) is -0.855. The molecule has 0 radical (unpaired) electrons. The van der Waals surface area contributed by atoms with Crippen LogP contribution in [-0.2, 0) is 11.2 Å². The molecule has 1 heterocycles. The number of nitrogens with two attached hydrogens (primary N) is 1. The maximum absolute atomic E-state index is 10.4. The molecular formula is C6H8EuN3O2. The number of hydrogen-bond acceptors (Lipinski definition) is 3. The summed E-state index contributed by atoms with van der Waals surface area (Å²) in [5.41, 5.74) is 6.03. The number of hydrogen-bond donors (Lipinski definition) is 2. The molecule has 0 saturated heterocycles. The summed E-state index contributed by atoms with van der Waals surface area (Å²) in [7, 11) is 0. The number of carboxylic acid groups (broad SMARTS) is 1. The van der Waals surface area contributed by atoms with Gasteiger partial charge in [0.05, 0.1) is 0 Å². The van der Waals surface area contributed by atoms with Crippen LogP contribution in [0.2, 0.25) is 0 Å².